The van der Waals surface area contributed by atoms with E-state index in [9.17, 15) is 0 Å². The van der Waals surface area contributed by atoms with Gasteiger partial charge in [-0.1, -0.05) is 101 Å². The SMILES string of the molecule is CC(C)(C)c1[c-]c2c(cc1)-c1ccc(C(C)(C)C)cc1C2.Cl.Cl.[Zr+2]=[C](c1ccccc1)c1ccccc1.c1ccc(-c2cc[cH-]c2)cc1. The molecule has 0 aliphatic heterocycles. The van der Waals surface area contributed by atoms with Gasteiger partial charge in [-0.15, -0.1) is 35.9 Å². The fraction of sp³-hybridized carbons (Fsp3) is 0.200. The van der Waals surface area contributed by atoms with Crippen LogP contribution in [-0.2, 0) is 41.5 Å². The molecule has 244 valence electrons. The van der Waals surface area contributed by atoms with Crippen molar-refractivity contribution in [1.29, 1.82) is 0 Å². The standard InChI is InChI=1S/C21H25.C13H10.C11H9.2ClH.Zr/c1-20(2,3)16-7-9-18-14(12-16)11-15-13-17(21(4,5)6)8-10-19(15)18;1-3-7-12(8-4-1)11-13-9-5-2-6-10-13;1-2-6-10(7-3-1)11-8-4-5-9-11;;;/h7-10,12H,11H2,1-6H3;1-10H;1-9H;2*1H;/q-1;;-1;;;+2. The van der Waals surface area contributed by atoms with Gasteiger partial charge in [-0.25, -0.2) is 6.07 Å². The van der Waals surface area contributed by atoms with E-state index in [0.29, 0.717) is 0 Å². The number of fused-ring (bicyclic) bond motifs is 3. The maximum Gasteiger partial charge on any atom is -0.0623 e. The maximum atomic E-state index is 3.67. The zero-order valence-corrected chi connectivity index (χ0v) is 33.0. The summed E-state index contributed by atoms with van der Waals surface area (Å²) in [7, 11) is 0. The van der Waals surface area contributed by atoms with Gasteiger partial charge < -0.3 is 0 Å². The monoisotopic (exact) mass is 746 g/mol. The second-order valence-electron chi connectivity index (χ2n) is 14.0. The molecule has 0 nitrogen and oxygen atoms in total. The van der Waals surface area contributed by atoms with Crippen LogP contribution in [0.4, 0.5) is 0 Å². The largest absolute Gasteiger partial charge is 0.206 e. The summed E-state index contributed by atoms with van der Waals surface area (Å²) < 4.78 is 1.42. The zero-order chi connectivity index (χ0) is 32.7. The third kappa shape index (κ3) is 10.2. The Bertz CT molecular complexity index is 1760. The van der Waals surface area contributed by atoms with Gasteiger partial charge in [0.2, 0.25) is 0 Å². The first kappa shape index (κ1) is 39.2. The van der Waals surface area contributed by atoms with Gasteiger partial charge in [-0.3, -0.25) is 0 Å². The molecule has 1 aliphatic rings. The molecule has 0 radical (unpaired) electrons. The number of hydrogen-bond acceptors (Lipinski definition) is 0. The summed E-state index contributed by atoms with van der Waals surface area (Å²) in [6.07, 6.45) is 1.03. The Hall–Kier alpha value is -3.22. The van der Waals surface area contributed by atoms with Crippen LogP contribution in [0.2, 0.25) is 0 Å². The van der Waals surface area contributed by atoms with Crippen LogP contribution in [0.3, 0.4) is 0 Å². The maximum absolute atomic E-state index is 3.67. The zero-order valence-electron chi connectivity index (χ0n) is 28.9. The summed E-state index contributed by atoms with van der Waals surface area (Å²) in [5.74, 6) is 0. The number of benzene rings is 5. The predicted octanol–water partition coefficient (Wildman–Crippen LogP) is 12.4. The van der Waals surface area contributed by atoms with Crippen LogP contribution in [0, 0.1) is 6.07 Å². The van der Waals surface area contributed by atoms with Gasteiger partial charge in [-0.05, 0) is 28.4 Å². The van der Waals surface area contributed by atoms with Crippen molar-refractivity contribution in [3.8, 4) is 22.3 Å². The first-order chi connectivity index (χ1) is 22.0. The molecule has 0 bridgehead atoms. The van der Waals surface area contributed by atoms with Crippen LogP contribution < -0.4 is 0 Å². The van der Waals surface area contributed by atoms with E-state index in [2.05, 4.69) is 187 Å². The molecule has 0 unspecified atom stereocenters. The van der Waals surface area contributed by atoms with Crippen molar-refractivity contribution < 1.29 is 24.2 Å². The van der Waals surface area contributed by atoms with E-state index < -0.39 is 0 Å². The van der Waals surface area contributed by atoms with Gasteiger partial charge in [0.25, 0.3) is 0 Å². The molecule has 6 aromatic rings. The summed E-state index contributed by atoms with van der Waals surface area (Å²) >= 11 is 1.46. The second kappa shape index (κ2) is 17.4. The number of halogens is 2. The predicted molar refractivity (Wildman–Crippen MR) is 209 cm³/mol. The molecule has 0 spiro atoms. The van der Waals surface area contributed by atoms with Gasteiger partial charge in [0.05, 0.1) is 0 Å². The Morgan fingerprint density at radius 2 is 1.15 bits per heavy atom. The summed E-state index contributed by atoms with van der Waals surface area (Å²) in [5.41, 5.74) is 14.0. The topological polar surface area (TPSA) is 0 Å². The molecule has 0 fully saturated rings. The first-order valence-electron chi connectivity index (χ1n) is 16.2. The smallest absolute Gasteiger partial charge is 0.0623 e. The molecule has 7 rings (SSSR count). The van der Waals surface area contributed by atoms with E-state index in [-0.39, 0.29) is 35.6 Å². The van der Waals surface area contributed by atoms with E-state index in [4.69, 9.17) is 0 Å². The van der Waals surface area contributed by atoms with E-state index in [0.717, 1.165) is 6.42 Å². The fourth-order valence-electron chi connectivity index (χ4n) is 5.60. The Morgan fingerprint density at radius 1 is 0.604 bits per heavy atom. The minimum absolute atomic E-state index is 0. The molecule has 0 atom stereocenters. The minimum atomic E-state index is 0. The average molecular weight is 749 g/mol. The molecule has 0 amide bonds. The van der Waals surface area contributed by atoms with Crippen LogP contribution in [0.5, 0.6) is 0 Å². The molecule has 0 heterocycles. The van der Waals surface area contributed by atoms with Crippen LogP contribution in [0.15, 0.2) is 146 Å². The van der Waals surface area contributed by atoms with Crippen LogP contribution >= 0.6 is 24.8 Å². The van der Waals surface area contributed by atoms with Crippen molar-refractivity contribution >= 4 is 28.0 Å². The summed E-state index contributed by atoms with van der Waals surface area (Å²) in [5, 5.41) is 0. The number of hydrogen-bond donors (Lipinski definition) is 0. The summed E-state index contributed by atoms with van der Waals surface area (Å²) in [4.78, 5) is 0. The minimum Gasteiger partial charge on any atom is -0.206 e. The van der Waals surface area contributed by atoms with Gasteiger partial charge in [0.15, 0.2) is 0 Å². The Labute approximate surface area is 316 Å². The van der Waals surface area contributed by atoms with E-state index in [1.807, 2.05) is 6.07 Å². The molecule has 1 aliphatic carbocycles. The molecule has 0 aromatic heterocycles. The van der Waals surface area contributed by atoms with Crippen LogP contribution in [0.25, 0.3) is 22.3 Å². The molecule has 6 aromatic carbocycles. The fourth-order valence-corrected chi connectivity index (χ4v) is 6.42. The van der Waals surface area contributed by atoms with Gasteiger partial charge in [0, 0.05) is 0 Å². The Kier molecular flexibility index (Phi) is 14.3. The van der Waals surface area contributed by atoms with Gasteiger partial charge in [0.1, 0.15) is 0 Å². The Balaban J connectivity index is 0.000000202. The third-order valence-electron chi connectivity index (χ3n) is 8.36. The van der Waals surface area contributed by atoms with Crippen molar-refractivity contribution in [3.63, 3.8) is 0 Å². The third-order valence-corrected chi connectivity index (χ3v) is 9.78. The van der Waals surface area contributed by atoms with Crippen LogP contribution in [0.1, 0.15) is 74.9 Å². The van der Waals surface area contributed by atoms with Crippen molar-refractivity contribution in [3.05, 3.63) is 185 Å². The normalized spacial score (nSPS) is 11.2. The molecule has 3 heteroatoms. The molecule has 48 heavy (non-hydrogen) atoms. The first-order valence-corrected chi connectivity index (χ1v) is 17.4. The number of rotatable bonds is 3. The molecule has 0 N–H and O–H groups in total. The van der Waals surface area contributed by atoms with E-state index >= 15 is 0 Å². The van der Waals surface area contributed by atoms with Crippen molar-refractivity contribution in [2.45, 2.75) is 58.8 Å². The molecule has 0 saturated heterocycles. The second-order valence-corrected chi connectivity index (χ2v) is 15.2. The van der Waals surface area contributed by atoms with Gasteiger partial charge in [-0.2, -0.15) is 47.5 Å². The quantitative estimate of drug-likeness (QED) is 0.158. The van der Waals surface area contributed by atoms with Crippen molar-refractivity contribution in [2.75, 3.05) is 0 Å². The Morgan fingerprint density at radius 3 is 1.65 bits per heavy atom. The summed E-state index contributed by atoms with van der Waals surface area (Å²) in [6, 6.07) is 55.0. The van der Waals surface area contributed by atoms with E-state index in [1.165, 1.54) is 83.1 Å². The van der Waals surface area contributed by atoms with Gasteiger partial charge >= 0.3 is 99.2 Å². The van der Waals surface area contributed by atoms with E-state index in [1.54, 1.807) is 0 Å². The molecular formula is C45H46Cl2Zr. The van der Waals surface area contributed by atoms with Crippen molar-refractivity contribution in [1.82, 2.24) is 0 Å². The summed E-state index contributed by atoms with van der Waals surface area (Å²) in [6.45, 7) is 13.6. The molecule has 0 saturated carbocycles. The van der Waals surface area contributed by atoms with Crippen LogP contribution in [-0.4, -0.2) is 3.21 Å². The van der Waals surface area contributed by atoms with Crippen molar-refractivity contribution in [2.24, 2.45) is 0 Å². The average Bonchev–Trinajstić information content (AvgIpc) is 3.74. The molecular weight excluding hydrogens is 703 g/mol.